The molecule has 0 bridgehead atoms. The smallest absolute Gasteiger partial charge is 0.123 e. The number of benzene rings is 2. The van der Waals surface area contributed by atoms with Gasteiger partial charge >= 0.3 is 0 Å². The molecule has 3 heteroatoms. The van der Waals surface area contributed by atoms with E-state index in [0.29, 0.717) is 12.3 Å². The van der Waals surface area contributed by atoms with E-state index in [0.717, 1.165) is 66.5 Å². The van der Waals surface area contributed by atoms with E-state index in [4.69, 9.17) is 4.74 Å². The number of phenols is 1. The van der Waals surface area contributed by atoms with Crippen LogP contribution in [-0.4, -0.2) is 21.4 Å². The highest BCUT2D eigenvalue weighted by Crippen LogP contribution is 2.58. The normalized spacial score (nSPS) is 28.2. The first-order valence-electron chi connectivity index (χ1n) is 13.6. The van der Waals surface area contributed by atoms with Crippen LogP contribution in [0.5, 0.6) is 11.5 Å². The lowest BCUT2D eigenvalue weighted by molar-refractivity contribution is -0.131. The molecular formula is C33H44O3. The quantitative estimate of drug-likeness (QED) is 0.370. The standard InChI is InChI=1S/C33H44O3/c1-7-10-23-12-14-28(34)27(20-23)24-13-15-29(25(21-24)11-8-2)36-33(6)18-9-17-32(5)19-16-26(22-30(32)33)31(3,4)35/h7-8,12-15,20-21,26,30,34-35H,1-2,9-11,16-19,22H2,3-6H3/t26-,30-,32-,33-/m1/s1. The summed E-state index contributed by atoms with van der Waals surface area (Å²) in [5, 5.41) is 21.4. The minimum atomic E-state index is -0.669. The van der Waals surface area contributed by atoms with Crippen molar-refractivity contribution in [3.63, 3.8) is 0 Å². The van der Waals surface area contributed by atoms with Crippen LogP contribution >= 0.6 is 0 Å². The number of aromatic hydroxyl groups is 1. The first kappa shape index (κ1) is 26.5. The van der Waals surface area contributed by atoms with Gasteiger partial charge in [0.15, 0.2) is 0 Å². The Kier molecular flexibility index (Phi) is 7.44. The molecule has 0 amide bonds. The summed E-state index contributed by atoms with van der Waals surface area (Å²) < 4.78 is 7.00. The van der Waals surface area contributed by atoms with Crippen molar-refractivity contribution in [2.24, 2.45) is 17.3 Å². The van der Waals surface area contributed by atoms with E-state index in [1.807, 2.05) is 38.1 Å². The van der Waals surface area contributed by atoms with Crippen molar-refractivity contribution in [1.82, 2.24) is 0 Å². The molecule has 2 aliphatic rings. The van der Waals surface area contributed by atoms with Gasteiger partial charge in [0, 0.05) is 11.5 Å². The zero-order chi connectivity index (χ0) is 26.1. The minimum absolute atomic E-state index is 0.241. The van der Waals surface area contributed by atoms with Crippen molar-refractivity contribution in [2.45, 2.75) is 90.3 Å². The lowest BCUT2D eigenvalue weighted by atomic mass is 9.52. The van der Waals surface area contributed by atoms with Gasteiger partial charge in [-0.3, -0.25) is 0 Å². The van der Waals surface area contributed by atoms with E-state index in [9.17, 15) is 10.2 Å². The topological polar surface area (TPSA) is 49.7 Å². The van der Waals surface area contributed by atoms with Gasteiger partial charge in [0.2, 0.25) is 0 Å². The van der Waals surface area contributed by atoms with Crippen LogP contribution in [0.4, 0.5) is 0 Å². The maximum atomic E-state index is 10.8. The van der Waals surface area contributed by atoms with Crippen LogP contribution in [0.1, 0.15) is 77.3 Å². The SMILES string of the molecule is C=CCc1ccc(O)c(-c2ccc(O[C@]3(C)CCC[C@]4(C)CC[C@@H](C(C)(C)O)C[C@H]43)c(CC=C)c2)c1. The summed E-state index contributed by atoms with van der Waals surface area (Å²) in [6.45, 7) is 16.5. The molecule has 3 nitrogen and oxygen atoms in total. The summed E-state index contributed by atoms with van der Waals surface area (Å²) in [6, 6.07) is 12.0. The van der Waals surface area contributed by atoms with Crippen LogP contribution in [0.25, 0.3) is 11.1 Å². The fraction of sp³-hybridized carbons (Fsp3) is 0.515. The minimum Gasteiger partial charge on any atom is -0.507 e. The molecule has 0 saturated heterocycles. The highest BCUT2D eigenvalue weighted by molar-refractivity contribution is 5.72. The van der Waals surface area contributed by atoms with E-state index in [1.54, 1.807) is 6.07 Å². The summed E-state index contributed by atoms with van der Waals surface area (Å²) in [7, 11) is 0. The molecule has 2 aromatic rings. The molecule has 0 unspecified atom stereocenters. The predicted molar refractivity (Wildman–Crippen MR) is 149 cm³/mol. The van der Waals surface area contributed by atoms with E-state index in [-0.39, 0.29) is 22.7 Å². The maximum Gasteiger partial charge on any atom is 0.123 e. The lowest BCUT2D eigenvalue weighted by Crippen LogP contribution is -2.56. The molecule has 4 atom stereocenters. The highest BCUT2D eigenvalue weighted by atomic mass is 16.5. The monoisotopic (exact) mass is 488 g/mol. The summed E-state index contributed by atoms with van der Waals surface area (Å²) in [5.41, 5.74) is 3.28. The van der Waals surface area contributed by atoms with Crippen LogP contribution in [0, 0.1) is 17.3 Å². The van der Waals surface area contributed by atoms with Crippen molar-refractivity contribution >= 4 is 0 Å². The van der Waals surface area contributed by atoms with Gasteiger partial charge in [-0.2, -0.15) is 0 Å². The average molecular weight is 489 g/mol. The Balaban J connectivity index is 1.68. The Morgan fingerprint density at radius 1 is 1.03 bits per heavy atom. The number of hydrogen-bond donors (Lipinski definition) is 2. The largest absolute Gasteiger partial charge is 0.507 e. The van der Waals surface area contributed by atoms with Crippen molar-refractivity contribution in [1.29, 1.82) is 0 Å². The summed E-state index contributed by atoms with van der Waals surface area (Å²) in [5.74, 6) is 1.85. The molecule has 36 heavy (non-hydrogen) atoms. The second-order valence-electron chi connectivity index (χ2n) is 12.3. The molecule has 194 valence electrons. The third-order valence-corrected chi connectivity index (χ3v) is 9.10. The van der Waals surface area contributed by atoms with Crippen LogP contribution in [0.3, 0.4) is 0 Å². The maximum absolute atomic E-state index is 10.8. The Morgan fingerprint density at radius 3 is 2.47 bits per heavy atom. The Bertz CT molecular complexity index is 1110. The van der Waals surface area contributed by atoms with Gasteiger partial charge in [-0.1, -0.05) is 31.2 Å². The fourth-order valence-corrected chi connectivity index (χ4v) is 6.95. The van der Waals surface area contributed by atoms with Crippen molar-refractivity contribution in [2.75, 3.05) is 0 Å². The summed E-state index contributed by atoms with van der Waals surface area (Å²) in [4.78, 5) is 0. The predicted octanol–water partition coefficient (Wildman–Crippen LogP) is 8.03. The first-order chi connectivity index (χ1) is 17.0. The number of aliphatic hydroxyl groups is 1. The molecule has 2 saturated carbocycles. The molecular weight excluding hydrogens is 444 g/mol. The zero-order valence-corrected chi connectivity index (χ0v) is 22.6. The fourth-order valence-electron chi connectivity index (χ4n) is 6.95. The molecule has 0 aromatic heterocycles. The Morgan fingerprint density at radius 2 is 1.78 bits per heavy atom. The molecule has 2 fully saturated rings. The van der Waals surface area contributed by atoms with Crippen molar-refractivity contribution in [3.05, 3.63) is 72.8 Å². The highest BCUT2D eigenvalue weighted by Gasteiger charge is 2.54. The van der Waals surface area contributed by atoms with Gasteiger partial charge in [-0.15, -0.1) is 13.2 Å². The molecule has 0 heterocycles. The van der Waals surface area contributed by atoms with Gasteiger partial charge in [-0.25, -0.2) is 0 Å². The molecule has 0 spiro atoms. The third kappa shape index (κ3) is 5.27. The number of rotatable bonds is 8. The van der Waals surface area contributed by atoms with E-state index >= 15 is 0 Å². The van der Waals surface area contributed by atoms with Gasteiger partial charge < -0.3 is 14.9 Å². The second kappa shape index (κ2) is 10.1. The van der Waals surface area contributed by atoms with E-state index in [2.05, 4.69) is 45.2 Å². The molecule has 2 aliphatic carbocycles. The number of ether oxygens (including phenoxy) is 1. The number of fused-ring (bicyclic) bond motifs is 1. The molecule has 4 rings (SSSR count). The van der Waals surface area contributed by atoms with Crippen LogP contribution < -0.4 is 4.74 Å². The van der Waals surface area contributed by atoms with E-state index < -0.39 is 5.60 Å². The van der Waals surface area contributed by atoms with Gasteiger partial charge in [0.25, 0.3) is 0 Å². The van der Waals surface area contributed by atoms with Gasteiger partial charge in [0.1, 0.15) is 17.1 Å². The van der Waals surface area contributed by atoms with E-state index in [1.165, 1.54) is 6.42 Å². The average Bonchev–Trinajstić information content (AvgIpc) is 2.81. The Hall–Kier alpha value is -2.52. The Labute approximate surface area is 217 Å². The third-order valence-electron chi connectivity index (χ3n) is 9.10. The van der Waals surface area contributed by atoms with Gasteiger partial charge in [0.05, 0.1) is 5.60 Å². The second-order valence-corrected chi connectivity index (χ2v) is 12.3. The van der Waals surface area contributed by atoms with Crippen LogP contribution in [0.15, 0.2) is 61.7 Å². The molecule has 2 aromatic carbocycles. The number of hydrogen-bond acceptors (Lipinski definition) is 3. The molecule has 0 aliphatic heterocycles. The van der Waals surface area contributed by atoms with Crippen LogP contribution in [-0.2, 0) is 12.8 Å². The summed E-state index contributed by atoms with van der Waals surface area (Å²) >= 11 is 0. The first-order valence-corrected chi connectivity index (χ1v) is 13.6. The van der Waals surface area contributed by atoms with Gasteiger partial charge in [-0.05, 0) is 124 Å². The van der Waals surface area contributed by atoms with Crippen LogP contribution in [0.2, 0.25) is 0 Å². The van der Waals surface area contributed by atoms with Crippen molar-refractivity contribution in [3.8, 4) is 22.6 Å². The van der Waals surface area contributed by atoms with Crippen molar-refractivity contribution < 1.29 is 14.9 Å². The lowest BCUT2D eigenvalue weighted by Gasteiger charge is -2.57. The number of phenolic OH excluding ortho intramolecular Hbond substituents is 1. The molecule has 2 N–H and O–H groups in total. The molecule has 0 radical (unpaired) electrons. The summed E-state index contributed by atoms with van der Waals surface area (Å²) in [6.07, 6.45) is 11.9. The number of allylic oxidation sites excluding steroid dienone is 2. The zero-order valence-electron chi connectivity index (χ0n) is 22.6.